The molecular formula is C70H74BN3S2. The second kappa shape index (κ2) is 16.7. The van der Waals surface area contributed by atoms with E-state index >= 15 is 0 Å². The Labute approximate surface area is 461 Å². The number of para-hydroxylation sites is 1. The van der Waals surface area contributed by atoms with Gasteiger partial charge in [-0.25, -0.2) is 0 Å². The molecule has 0 fully saturated rings. The number of hydrogen-bond donors (Lipinski definition) is 0. The average Bonchev–Trinajstić information content (AvgIpc) is 4.13. The summed E-state index contributed by atoms with van der Waals surface area (Å²) in [4.78, 5) is 9.53. The predicted molar refractivity (Wildman–Crippen MR) is 334 cm³/mol. The maximum Gasteiger partial charge on any atom is 0.264 e. The molecule has 6 heteroatoms. The lowest BCUT2D eigenvalue weighted by Crippen LogP contribution is -2.61. The van der Waals surface area contributed by atoms with Crippen LogP contribution in [-0.4, -0.2) is 6.71 Å². The van der Waals surface area contributed by atoms with E-state index in [1.165, 1.54) is 105 Å². The van der Waals surface area contributed by atoms with Crippen molar-refractivity contribution >= 4 is 116 Å². The third-order valence-electron chi connectivity index (χ3n) is 18.4. The Bertz CT molecular complexity index is 3820. The topological polar surface area (TPSA) is 9.72 Å². The average molecular weight is 1030 g/mol. The van der Waals surface area contributed by atoms with Crippen LogP contribution >= 0.6 is 22.7 Å². The normalized spacial score (nSPS) is 17.7. The van der Waals surface area contributed by atoms with Crippen molar-refractivity contribution in [3.63, 3.8) is 0 Å². The molecule has 4 aliphatic rings. The van der Waals surface area contributed by atoms with Crippen LogP contribution in [0.5, 0.6) is 0 Å². The lowest BCUT2D eigenvalue weighted by Gasteiger charge is -2.47. The quantitative estimate of drug-likeness (QED) is 0.159. The molecule has 0 bridgehead atoms. The molecule has 13 rings (SSSR count). The van der Waals surface area contributed by atoms with Gasteiger partial charge in [-0.15, -0.1) is 11.3 Å². The van der Waals surface area contributed by atoms with E-state index in [4.69, 9.17) is 0 Å². The minimum atomic E-state index is -0.0429. The molecule has 2 aliphatic heterocycles. The minimum absolute atomic E-state index is 0.0166. The third-order valence-corrected chi connectivity index (χ3v) is 21.1. The molecule has 9 aromatic rings. The standard InChI is InChI=1S/C70H74BN3S2/c1-65(2,3)43-24-27-46(28-25-43)73-55-33-26-44(66(4,5)6)38-54(55)71-61-56(73)40-49(72(45-20-16-15-17-21-45)48-29-31-51-50-22-18-19-23-58(50)75-59(51)42-48)41-57(61)74(47-30-32-52-53(39-47)68(9,10)35-34-67(52,7)8)62-60-63(76-64(62)71)70(13,14)37-36-69(60,11)12/h15-33,38-42H,34-37H2,1-14H3. The number of nitrogens with zero attached hydrogens (tertiary/aromatic N) is 3. The summed E-state index contributed by atoms with van der Waals surface area (Å²) in [7, 11) is 0. The lowest BCUT2D eigenvalue weighted by molar-refractivity contribution is 0.332. The number of rotatable bonds is 5. The van der Waals surface area contributed by atoms with E-state index < -0.39 is 0 Å². The monoisotopic (exact) mass is 1030 g/mol. The van der Waals surface area contributed by atoms with Crippen LogP contribution in [0, 0.1) is 0 Å². The number of anilines is 9. The Morgan fingerprint density at radius 1 is 0.461 bits per heavy atom. The first kappa shape index (κ1) is 49.5. The van der Waals surface area contributed by atoms with Gasteiger partial charge in [0.2, 0.25) is 0 Å². The summed E-state index contributed by atoms with van der Waals surface area (Å²) < 4.78 is 4.10. The first-order chi connectivity index (χ1) is 35.9. The van der Waals surface area contributed by atoms with Crippen LogP contribution in [0.3, 0.4) is 0 Å². The molecule has 76 heavy (non-hydrogen) atoms. The minimum Gasteiger partial charge on any atom is -0.311 e. The molecule has 384 valence electrons. The molecule has 7 aromatic carbocycles. The highest BCUT2D eigenvalue weighted by Gasteiger charge is 2.51. The second-order valence-corrected chi connectivity index (χ2v) is 29.7. The summed E-state index contributed by atoms with van der Waals surface area (Å²) >= 11 is 4.02. The molecular weight excluding hydrogens is 958 g/mol. The van der Waals surface area contributed by atoms with E-state index in [9.17, 15) is 0 Å². The van der Waals surface area contributed by atoms with Crippen LogP contribution < -0.4 is 30.4 Å². The summed E-state index contributed by atoms with van der Waals surface area (Å²) in [6.07, 6.45) is 4.66. The van der Waals surface area contributed by atoms with Crippen molar-refractivity contribution in [2.24, 2.45) is 0 Å². The van der Waals surface area contributed by atoms with Crippen molar-refractivity contribution in [1.29, 1.82) is 0 Å². The third kappa shape index (κ3) is 7.61. The van der Waals surface area contributed by atoms with Crippen molar-refractivity contribution < 1.29 is 0 Å². The smallest absolute Gasteiger partial charge is 0.264 e. The Balaban J connectivity index is 1.18. The van der Waals surface area contributed by atoms with Crippen molar-refractivity contribution in [1.82, 2.24) is 0 Å². The molecule has 0 amide bonds. The molecule has 0 saturated heterocycles. The van der Waals surface area contributed by atoms with Gasteiger partial charge >= 0.3 is 0 Å². The van der Waals surface area contributed by atoms with E-state index in [1.807, 2.05) is 11.3 Å². The largest absolute Gasteiger partial charge is 0.311 e. The summed E-state index contributed by atoms with van der Waals surface area (Å²) in [6, 6.07) is 57.0. The van der Waals surface area contributed by atoms with Crippen molar-refractivity contribution in [3.8, 4) is 0 Å². The molecule has 0 saturated carbocycles. The summed E-state index contributed by atoms with van der Waals surface area (Å²) in [5, 5.41) is 2.63. The van der Waals surface area contributed by atoms with Gasteiger partial charge in [-0.1, -0.05) is 170 Å². The van der Waals surface area contributed by atoms with Crippen LogP contribution in [0.15, 0.2) is 146 Å². The molecule has 0 spiro atoms. The van der Waals surface area contributed by atoms with Gasteiger partial charge in [0.15, 0.2) is 0 Å². The van der Waals surface area contributed by atoms with Crippen molar-refractivity contribution in [2.75, 3.05) is 14.7 Å². The van der Waals surface area contributed by atoms with Gasteiger partial charge in [-0.05, 0) is 170 Å². The van der Waals surface area contributed by atoms with E-state index in [2.05, 4.69) is 269 Å². The molecule has 0 radical (unpaired) electrons. The first-order valence-corrected chi connectivity index (χ1v) is 29.7. The fourth-order valence-corrected chi connectivity index (χ4v) is 16.5. The van der Waals surface area contributed by atoms with E-state index in [-0.39, 0.29) is 39.2 Å². The fourth-order valence-electron chi connectivity index (χ4n) is 13.6. The number of benzene rings is 7. The van der Waals surface area contributed by atoms with Gasteiger partial charge in [-0.3, -0.25) is 0 Å². The molecule has 4 heterocycles. The summed E-state index contributed by atoms with van der Waals surface area (Å²) in [5.74, 6) is 0. The summed E-state index contributed by atoms with van der Waals surface area (Å²) in [6.45, 7) is 34.1. The van der Waals surface area contributed by atoms with Gasteiger partial charge in [-0.2, -0.15) is 11.3 Å². The molecule has 0 atom stereocenters. The number of hydrogen-bond acceptors (Lipinski definition) is 5. The van der Waals surface area contributed by atoms with Gasteiger partial charge in [0.25, 0.3) is 6.71 Å². The molecule has 3 nitrogen and oxygen atoms in total. The van der Waals surface area contributed by atoms with Gasteiger partial charge < -0.3 is 14.7 Å². The Morgan fingerprint density at radius 2 is 1.07 bits per heavy atom. The number of fused-ring (bicyclic) bond motifs is 10. The maximum absolute atomic E-state index is 2.79. The number of thiophene rings is 2. The summed E-state index contributed by atoms with van der Waals surface area (Å²) in [5.41, 5.74) is 21.1. The predicted octanol–water partition coefficient (Wildman–Crippen LogP) is 19.0. The zero-order valence-corrected chi connectivity index (χ0v) is 49.1. The van der Waals surface area contributed by atoms with E-state index in [0.29, 0.717) is 0 Å². The van der Waals surface area contributed by atoms with Crippen molar-refractivity contribution in [3.05, 3.63) is 178 Å². The van der Waals surface area contributed by atoms with Crippen LogP contribution in [0.4, 0.5) is 51.2 Å². The Kier molecular flexibility index (Phi) is 10.9. The zero-order valence-electron chi connectivity index (χ0n) is 47.4. The van der Waals surface area contributed by atoms with Crippen LogP contribution in [0.25, 0.3) is 20.2 Å². The van der Waals surface area contributed by atoms with Gasteiger partial charge in [0.05, 0.1) is 11.4 Å². The van der Waals surface area contributed by atoms with Gasteiger partial charge in [0, 0.05) is 69.6 Å². The highest BCUT2D eigenvalue weighted by Crippen LogP contribution is 2.58. The lowest BCUT2D eigenvalue weighted by atomic mass is 9.35. The first-order valence-electron chi connectivity index (χ1n) is 28.0. The van der Waals surface area contributed by atoms with E-state index in [0.717, 1.165) is 29.9 Å². The van der Waals surface area contributed by atoms with Crippen LogP contribution in [0.1, 0.15) is 155 Å². The molecule has 2 aliphatic carbocycles. The molecule has 0 N–H and O–H groups in total. The van der Waals surface area contributed by atoms with Crippen LogP contribution in [-0.2, 0) is 32.5 Å². The highest BCUT2D eigenvalue weighted by atomic mass is 32.1. The Hall–Kier alpha value is -6.08. The van der Waals surface area contributed by atoms with Gasteiger partial charge in [0.1, 0.15) is 0 Å². The van der Waals surface area contributed by atoms with E-state index in [1.54, 1.807) is 10.4 Å². The van der Waals surface area contributed by atoms with Crippen LogP contribution in [0.2, 0.25) is 0 Å². The Morgan fingerprint density at radius 3 is 1.78 bits per heavy atom. The second-order valence-electron chi connectivity index (χ2n) is 27.6. The molecule has 2 aromatic heterocycles. The highest BCUT2D eigenvalue weighted by molar-refractivity contribution is 7.29. The fraction of sp³-hybridized carbons (Fsp3) is 0.343. The SMILES string of the molecule is CC(C)(C)c1ccc(N2c3ccc(C(C)(C)C)cc3B3c4sc5c(c4N(c4ccc6c(c4)C(C)(C)CCC6(C)C)c4cc(N(c6ccccc6)c6ccc7c(c6)sc6ccccc67)cc2c43)C(C)(C)CCC5(C)C)cc1. The zero-order chi connectivity index (χ0) is 53.2. The molecule has 0 unspecified atom stereocenters. The van der Waals surface area contributed by atoms with Crippen molar-refractivity contribution in [2.45, 2.75) is 155 Å². The maximum atomic E-state index is 2.79.